The Morgan fingerprint density at radius 2 is 2.00 bits per heavy atom. The normalized spacial score (nSPS) is 11.5. The summed E-state index contributed by atoms with van der Waals surface area (Å²) >= 11 is 0. The Kier molecular flexibility index (Phi) is 6.81. The Labute approximate surface area is 115 Å². The largest absolute Gasteiger partial charge is 0.505 e. The van der Waals surface area contributed by atoms with Crippen molar-refractivity contribution in [3.63, 3.8) is 0 Å². The van der Waals surface area contributed by atoms with Crippen LogP contribution in [0, 0.1) is 5.82 Å². The average Bonchev–Trinajstić information content (AvgIpc) is 2.42. The van der Waals surface area contributed by atoms with Gasteiger partial charge in [0.25, 0.3) is 0 Å². The van der Waals surface area contributed by atoms with Crippen molar-refractivity contribution in [3.8, 4) is 5.75 Å². The van der Waals surface area contributed by atoms with E-state index in [1.54, 1.807) is 19.2 Å². The number of phenolic OH excluding ortho intramolecular Hbond substituents is 1. The van der Waals surface area contributed by atoms with Crippen LogP contribution in [-0.4, -0.2) is 36.3 Å². The first-order valence-electron chi connectivity index (χ1n) is 6.83. The van der Waals surface area contributed by atoms with E-state index < -0.39 is 5.82 Å². The third kappa shape index (κ3) is 4.48. The maximum absolute atomic E-state index is 13.4. The van der Waals surface area contributed by atoms with Crippen molar-refractivity contribution < 1.29 is 14.2 Å². The fraction of sp³-hybridized carbons (Fsp3) is 0.600. The molecule has 0 bridgehead atoms. The quantitative estimate of drug-likeness (QED) is 0.787. The smallest absolute Gasteiger partial charge is 0.165 e. The molecule has 19 heavy (non-hydrogen) atoms. The average molecular weight is 269 g/mol. The van der Waals surface area contributed by atoms with Crippen LogP contribution in [0.5, 0.6) is 5.75 Å². The van der Waals surface area contributed by atoms with Gasteiger partial charge in [0.15, 0.2) is 11.6 Å². The molecule has 108 valence electrons. The Hall–Kier alpha value is -1.13. The van der Waals surface area contributed by atoms with Crippen LogP contribution in [-0.2, 0) is 11.3 Å². The molecule has 0 fully saturated rings. The second-order valence-corrected chi connectivity index (χ2v) is 4.68. The molecule has 4 heteroatoms. The Bertz CT molecular complexity index is 380. The zero-order chi connectivity index (χ0) is 14.3. The fourth-order valence-corrected chi connectivity index (χ4v) is 2.31. The van der Waals surface area contributed by atoms with Crippen molar-refractivity contribution in [1.82, 2.24) is 4.90 Å². The third-order valence-electron chi connectivity index (χ3n) is 3.49. The first-order chi connectivity index (χ1) is 9.13. The summed E-state index contributed by atoms with van der Waals surface area (Å²) in [4.78, 5) is 2.23. The predicted octanol–water partition coefficient (Wildman–Crippen LogP) is 3.17. The number of para-hydroxylation sites is 1. The first-order valence-corrected chi connectivity index (χ1v) is 6.83. The van der Waals surface area contributed by atoms with E-state index in [9.17, 15) is 9.50 Å². The molecule has 0 aliphatic carbocycles. The Morgan fingerprint density at radius 3 is 2.58 bits per heavy atom. The Morgan fingerprint density at radius 1 is 1.32 bits per heavy atom. The van der Waals surface area contributed by atoms with Gasteiger partial charge in [-0.1, -0.05) is 26.0 Å². The van der Waals surface area contributed by atoms with Crippen LogP contribution in [0.25, 0.3) is 0 Å². The topological polar surface area (TPSA) is 32.7 Å². The molecule has 1 aromatic rings. The fourth-order valence-electron chi connectivity index (χ4n) is 2.31. The van der Waals surface area contributed by atoms with E-state index in [2.05, 4.69) is 18.7 Å². The maximum Gasteiger partial charge on any atom is 0.165 e. The van der Waals surface area contributed by atoms with Gasteiger partial charge >= 0.3 is 0 Å². The molecule has 0 saturated heterocycles. The van der Waals surface area contributed by atoms with E-state index in [0.29, 0.717) is 24.8 Å². The zero-order valence-corrected chi connectivity index (χ0v) is 12.0. The molecule has 1 N–H and O–H groups in total. The summed E-state index contributed by atoms with van der Waals surface area (Å²) in [5, 5.41) is 9.77. The van der Waals surface area contributed by atoms with Crippen LogP contribution >= 0.6 is 0 Å². The number of phenols is 1. The lowest BCUT2D eigenvalue weighted by Crippen LogP contribution is -2.36. The highest BCUT2D eigenvalue weighted by Crippen LogP contribution is 2.23. The SMILES string of the molecule is CCC(CC)N(CCOC)Cc1cccc(F)c1O. The molecular weight excluding hydrogens is 245 g/mol. The van der Waals surface area contributed by atoms with E-state index in [1.165, 1.54) is 6.07 Å². The van der Waals surface area contributed by atoms with Gasteiger partial charge in [-0.3, -0.25) is 4.90 Å². The molecule has 3 nitrogen and oxygen atoms in total. The van der Waals surface area contributed by atoms with Gasteiger partial charge in [0.1, 0.15) is 0 Å². The van der Waals surface area contributed by atoms with Gasteiger partial charge in [-0.2, -0.15) is 0 Å². The van der Waals surface area contributed by atoms with Crippen molar-refractivity contribution in [2.75, 3.05) is 20.3 Å². The van der Waals surface area contributed by atoms with Crippen molar-refractivity contribution in [3.05, 3.63) is 29.6 Å². The lowest BCUT2D eigenvalue weighted by Gasteiger charge is -2.30. The summed E-state index contributed by atoms with van der Waals surface area (Å²) in [5.41, 5.74) is 0.628. The number of methoxy groups -OCH3 is 1. The summed E-state index contributed by atoms with van der Waals surface area (Å²) in [6.07, 6.45) is 2.05. The molecule has 0 unspecified atom stereocenters. The highest BCUT2D eigenvalue weighted by Gasteiger charge is 2.17. The van der Waals surface area contributed by atoms with Gasteiger partial charge in [-0.05, 0) is 18.9 Å². The second-order valence-electron chi connectivity index (χ2n) is 4.68. The number of nitrogens with zero attached hydrogens (tertiary/aromatic N) is 1. The molecule has 1 rings (SSSR count). The lowest BCUT2D eigenvalue weighted by atomic mass is 10.1. The lowest BCUT2D eigenvalue weighted by molar-refractivity contribution is 0.109. The van der Waals surface area contributed by atoms with Crippen LogP contribution in [0.3, 0.4) is 0 Å². The zero-order valence-electron chi connectivity index (χ0n) is 12.0. The van der Waals surface area contributed by atoms with Crippen LogP contribution < -0.4 is 0 Å². The molecule has 0 aliphatic rings. The highest BCUT2D eigenvalue weighted by molar-refractivity contribution is 5.33. The number of hydrogen-bond acceptors (Lipinski definition) is 3. The number of halogens is 1. The van der Waals surface area contributed by atoms with E-state index in [4.69, 9.17) is 4.74 Å². The molecule has 0 aromatic heterocycles. The van der Waals surface area contributed by atoms with Crippen molar-refractivity contribution in [2.45, 2.75) is 39.3 Å². The molecule has 0 spiro atoms. The van der Waals surface area contributed by atoms with Gasteiger partial charge in [0.05, 0.1) is 6.61 Å². The molecule has 0 amide bonds. The van der Waals surface area contributed by atoms with Gasteiger partial charge in [-0.25, -0.2) is 4.39 Å². The number of hydrogen-bond donors (Lipinski definition) is 1. The van der Waals surface area contributed by atoms with E-state index in [0.717, 1.165) is 19.4 Å². The van der Waals surface area contributed by atoms with Crippen molar-refractivity contribution >= 4 is 0 Å². The molecular formula is C15H24FNO2. The van der Waals surface area contributed by atoms with Gasteiger partial charge in [0, 0.05) is 31.8 Å². The van der Waals surface area contributed by atoms with E-state index in [1.807, 2.05) is 0 Å². The molecule has 0 atom stereocenters. The molecule has 0 saturated carbocycles. The molecule has 0 radical (unpaired) electrons. The maximum atomic E-state index is 13.4. The summed E-state index contributed by atoms with van der Waals surface area (Å²) in [6.45, 7) is 6.23. The summed E-state index contributed by atoms with van der Waals surface area (Å²) < 4.78 is 18.5. The summed E-state index contributed by atoms with van der Waals surface area (Å²) in [7, 11) is 1.67. The van der Waals surface area contributed by atoms with E-state index >= 15 is 0 Å². The van der Waals surface area contributed by atoms with Crippen LogP contribution in [0.4, 0.5) is 4.39 Å². The van der Waals surface area contributed by atoms with Gasteiger partial charge in [0.2, 0.25) is 0 Å². The first kappa shape index (κ1) is 15.9. The van der Waals surface area contributed by atoms with Gasteiger partial charge in [-0.15, -0.1) is 0 Å². The summed E-state index contributed by atoms with van der Waals surface area (Å²) in [6, 6.07) is 5.08. The minimum absolute atomic E-state index is 0.240. The molecule has 0 heterocycles. The molecule has 0 aliphatic heterocycles. The third-order valence-corrected chi connectivity index (χ3v) is 3.49. The number of aromatic hydroxyl groups is 1. The predicted molar refractivity (Wildman–Crippen MR) is 74.7 cm³/mol. The number of rotatable bonds is 8. The minimum Gasteiger partial charge on any atom is -0.505 e. The number of ether oxygens (including phenoxy) is 1. The second kappa shape index (κ2) is 8.12. The van der Waals surface area contributed by atoms with Crippen LogP contribution in [0.15, 0.2) is 18.2 Å². The van der Waals surface area contributed by atoms with Crippen molar-refractivity contribution in [2.24, 2.45) is 0 Å². The Balaban J connectivity index is 2.83. The van der Waals surface area contributed by atoms with Crippen LogP contribution in [0.2, 0.25) is 0 Å². The minimum atomic E-state index is -0.561. The van der Waals surface area contributed by atoms with E-state index in [-0.39, 0.29) is 5.75 Å². The van der Waals surface area contributed by atoms with Crippen molar-refractivity contribution in [1.29, 1.82) is 0 Å². The molecule has 1 aromatic carbocycles. The standard InChI is InChI=1S/C15H24FNO2/c1-4-13(5-2)17(9-10-19-3)11-12-7-6-8-14(16)15(12)18/h6-8,13,18H,4-5,9-11H2,1-3H3. The monoisotopic (exact) mass is 269 g/mol. The number of benzene rings is 1. The van der Waals surface area contributed by atoms with Crippen LogP contribution in [0.1, 0.15) is 32.3 Å². The summed E-state index contributed by atoms with van der Waals surface area (Å²) in [5.74, 6) is -0.801. The highest BCUT2D eigenvalue weighted by atomic mass is 19.1. The van der Waals surface area contributed by atoms with Gasteiger partial charge < -0.3 is 9.84 Å².